The molecule has 1 atom stereocenters. The van der Waals surface area contributed by atoms with E-state index in [-0.39, 0.29) is 10.9 Å². The molecule has 0 radical (unpaired) electrons. The molecule has 1 N–H and O–H groups in total. The summed E-state index contributed by atoms with van der Waals surface area (Å²) in [5.74, 6) is 0.378. The lowest BCUT2D eigenvalue weighted by atomic mass is 10.1. The minimum atomic E-state index is -3.66. The number of benzene rings is 2. The van der Waals surface area contributed by atoms with E-state index in [0.717, 1.165) is 12.0 Å². The van der Waals surface area contributed by atoms with Crippen molar-refractivity contribution in [2.75, 3.05) is 6.61 Å². The molecule has 23 heavy (non-hydrogen) atoms. The molecule has 0 aliphatic rings. The maximum atomic E-state index is 12.5. The Morgan fingerprint density at radius 1 is 1.17 bits per heavy atom. The third-order valence-electron chi connectivity index (χ3n) is 3.31. The average Bonchev–Trinajstić information content (AvgIpc) is 2.54. The number of rotatable bonds is 7. The molecule has 124 valence electrons. The molecular formula is C17H20ClNO3S. The molecule has 0 aliphatic heterocycles. The first-order chi connectivity index (χ1) is 10.9. The van der Waals surface area contributed by atoms with Crippen LogP contribution in [0.15, 0.2) is 53.4 Å². The van der Waals surface area contributed by atoms with E-state index in [0.29, 0.717) is 17.4 Å². The van der Waals surface area contributed by atoms with Crippen molar-refractivity contribution in [1.29, 1.82) is 0 Å². The van der Waals surface area contributed by atoms with E-state index < -0.39 is 10.0 Å². The van der Waals surface area contributed by atoms with Gasteiger partial charge < -0.3 is 4.74 Å². The first kappa shape index (κ1) is 17.8. The van der Waals surface area contributed by atoms with Gasteiger partial charge in [-0.15, -0.1) is 0 Å². The fourth-order valence-electron chi connectivity index (χ4n) is 2.08. The summed E-state index contributed by atoms with van der Waals surface area (Å²) in [5, 5.41) is 0.397. The zero-order valence-electron chi connectivity index (χ0n) is 13.1. The molecule has 0 unspecified atom stereocenters. The van der Waals surface area contributed by atoms with Gasteiger partial charge >= 0.3 is 0 Å². The molecule has 0 fully saturated rings. The van der Waals surface area contributed by atoms with Crippen molar-refractivity contribution in [3.63, 3.8) is 0 Å². The maximum absolute atomic E-state index is 12.5. The van der Waals surface area contributed by atoms with Crippen molar-refractivity contribution in [3.8, 4) is 5.75 Å². The molecule has 6 heteroatoms. The summed E-state index contributed by atoms with van der Waals surface area (Å²) in [5.41, 5.74) is 0.896. The van der Waals surface area contributed by atoms with Crippen LogP contribution in [0.1, 0.15) is 31.9 Å². The van der Waals surface area contributed by atoms with Crippen molar-refractivity contribution >= 4 is 21.6 Å². The van der Waals surface area contributed by atoms with Crippen molar-refractivity contribution in [3.05, 3.63) is 59.1 Å². The normalized spacial score (nSPS) is 12.8. The Morgan fingerprint density at radius 3 is 2.52 bits per heavy atom. The molecule has 0 aliphatic carbocycles. The Hall–Kier alpha value is -1.56. The van der Waals surface area contributed by atoms with Crippen molar-refractivity contribution in [2.45, 2.75) is 31.2 Å². The fourth-order valence-corrected chi connectivity index (χ4v) is 3.50. The van der Waals surface area contributed by atoms with Gasteiger partial charge in [0.1, 0.15) is 5.75 Å². The largest absolute Gasteiger partial charge is 0.492 e. The van der Waals surface area contributed by atoms with Crippen LogP contribution < -0.4 is 9.46 Å². The number of hydrogen-bond donors (Lipinski definition) is 1. The van der Waals surface area contributed by atoms with Crippen LogP contribution in [0.2, 0.25) is 5.02 Å². The molecule has 0 aromatic heterocycles. The number of sulfonamides is 1. The molecule has 0 saturated carbocycles. The van der Waals surface area contributed by atoms with Crippen molar-refractivity contribution in [2.24, 2.45) is 0 Å². The highest BCUT2D eigenvalue weighted by atomic mass is 35.5. The Bertz CT molecular complexity index is 748. The second-order valence-electron chi connectivity index (χ2n) is 5.19. The van der Waals surface area contributed by atoms with Crippen molar-refractivity contribution in [1.82, 2.24) is 4.72 Å². The molecule has 0 heterocycles. The number of nitrogens with one attached hydrogen (secondary N) is 1. The van der Waals surface area contributed by atoms with Crippen LogP contribution in [-0.2, 0) is 10.0 Å². The molecular weight excluding hydrogens is 334 g/mol. The van der Waals surface area contributed by atoms with Crippen LogP contribution in [0, 0.1) is 0 Å². The molecule has 2 aromatic rings. The third kappa shape index (κ3) is 4.70. The molecule has 2 rings (SSSR count). The van der Waals surface area contributed by atoms with Gasteiger partial charge in [0.05, 0.1) is 16.5 Å². The number of ether oxygens (including phenoxy) is 1. The van der Waals surface area contributed by atoms with Gasteiger partial charge in [0, 0.05) is 12.1 Å². The first-order valence-electron chi connectivity index (χ1n) is 7.43. The maximum Gasteiger partial charge on any atom is 0.241 e. The zero-order valence-corrected chi connectivity index (χ0v) is 14.7. The number of halogens is 1. The summed E-state index contributed by atoms with van der Waals surface area (Å²) in [7, 11) is -3.66. The van der Waals surface area contributed by atoms with Gasteiger partial charge in [-0.05, 0) is 31.0 Å². The SMILES string of the molecule is CCCOc1cc(S(=O)(=O)N[C@H](C)c2ccccc2)ccc1Cl. The monoisotopic (exact) mass is 353 g/mol. The molecule has 0 bridgehead atoms. The topological polar surface area (TPSA) is 55.4 Å². The van der Waals surface area contributed by atoms with Crippen LogP contribution >= 0.6 is 11.6 Å². The second kappa shape index (κ2) is 7.81. The molecule has 0 spiro atoms. The molecule has 4 nitrogen and oxygen atoms in total. The first-order valence-corrected chi connectivity index (χ1v) is 9.30. The minimum absolute atomic E-state index is 0.135. The van der Waals surface area contributed by atoms with Gasteiger partial charge in [0.15, 0.2) is 0 Å². The van der Waals surface area contributed by atoms with E-state index in [1.54, 1.807) is 6.92 Å². The van der Waals surface area contributed by atoms with Gasteiger partial charge in [-0.2, -0.15) is 0 Å². The van der Waals surface area contributed by atoms with Gasteiger partial charge in [-0.1, -0.05) is 48.9 Å². The van der Waals surface area contributed by atoms with Crippen molar-refractivity contribution < 1.29 is 13.2 Å². The predicted octanol–water partition coefficient (Wildman–Crippen LogP) is 4.17. The Labute approximate surface area is 142 Å². The molecule has 0 saturated heterocycles. The van der Waals surface area contributed by atoms with Gasteiger partial charge in [0.2, 0.25) is 10.0 Å². The van der Waals surface area contributed by atoms with E-state index in [2.05, 4.69) is 4.72 Å². The Balaban J connectivity index is 2.22. The summed E-state index contributed by atoms with van der Waals surface area (Å²) in [6.45, 7) is 4.26. The smallest absolute Gasteiger partial charge is 0.241 e. The summed E-state index contributed by atoms with van der Waals surface area (Å²) in [4.78, 5) is 0.135. The summed E-state index contributed by atoms with van der Waals surface area (Å²) in [6, 6.07) is 13.5. The quantitative estimate of drug-likeness (QED) is 0.812. The van der Waals surface area contributed by atoms with Crippen LogP contribution in [0.4, 0.5) is 0 Å². The van der Waals surface area contributed by atoms with E-state index in [1.807, 2.05) is 37.3 Å². The average molecular weight is 354 g/mol. The van der Waals surface area contributed by atoms with Gasteiger partial charge in [-0.25, -0.2) is 13.1 Å². The van der Waals surface area contributed by atoms with Gasteiger partial charge in [-0.3, -0.25) is 0 Å². The highest BCUT2D eigenvalue weighted by Gasteiger charge is 2.19. The van der Waals surface area contributed by atoms with Crippen LogP contribution in [-0.4, -0.2) is 15.0 Å². The van der Waals surface area contributed by atoms with Crippen LogP contribution in [0.25, 0.3) is 0 Å². The third-order valence-corrected chi connectivity index (χ3v) is 5.16. The minimum Gasteiger partial charge on any atom is -0.492 e. The van der Waals surface area contributed by atoms with E-state index in [9.17, 15) is 8.42 Å². The lowest BCUT2D eigenvalue weighted by Crippen LogP contribution is -2.26. The lowest BCUT2D eigenvalue weighted by Gasteiger charge is -2.15. The van der Waals surface area contributed by atoms with E-state index >= 15 is 0 Å². The summed E-state index contributed by atoms with van der Waals surface area (Å²) in [6.07, 6.45) is 0.816. The number of hydrogen-bond acceptors (Lipinski definition) is 3. The predicted molar refractivity (Wildman–Crippen MR) is 92.4 cm³/mol. The van der Waals surface area contributed by atoms with E-state index in [4.69, 9.17) is 16.3 Å². The molecule has 0 amide bonds. The lowest BCUT2D eigenvalue weighted by molar-refractivity contribution is 0.317. The Morgan fingerprint density at radius 2 is 1.87 bits per heavy atom. The van der Waals surface area contributed by atoms with E-state index in [1.165, 1.54) is 18.2 Å². The van der Waals surface area contributed by atoms with Gasteiger partial charge in [0.25, 0.3) is 0 Å². The molecule has 2 aromatic carbocycles. The summed E-state index contributed by atoms with van der Waals surface area (Å²) >= 11 is 6.04. The standard InChI is InChI=1S/C17H20ClNO3S/c1-3-11-22-17-12-15(9-10-16(17)18)23(20,21)19-13(2)14-7-5-4-6-8-14/h4-10,12-13,19H,3,11H2,1-2H3/t13-/m1/s1. The Kier molecular flexibility index (Phi) is 6.04. The van der Waals surface area contributed by atoms with Crippen LogP contribution in [0.5, 0.6) is 5.75 Å². The van der Waals surface area contributed by atoms with Crippen LogP contribution in [0.3, 0.4) is 0 Å². The second-order valence-corrected chi connectivity index (χ2v) is 7.32. The fraction of sp³-hybridized carbons (Fsp3) is 0.294. The highest BCUT2D eigenvalue weighted by Crippen LogP contribution is 2.28. The highest BCUT2D eigenvalue weighted by molar-refractivity contribution is 7.89. The zero-order chi connectivity index (χ0) is 16.9. The summed E-state index contributed by atoms with van der Waals surface area (Å²) < 4.78 is 33.2.